The summed E-state index contributed by atoms with van der Waals surface area (Å²) >= 11 is 6.04. The molecule has 0 unspecified atom stereocenters. The van der Waals surface area contributed by atoms with Crippen molar-refractivity contribution in [2.24, 2.45) is 0 Å². The quantitative estimate of drug-likeness (QED) is 0.421. The Morgan fingerprint density at radius 2 is 1.45 bits per heavy atom. The molecule has 0 radical (unpaired) electrons. The molecule has 0 spiro atoms. The number of benzene rings is 2. The van der Waals surface area contributed by atoms with E-state index in [9.17, 15) is 18.4 Å². The second-order valence-corrected chi connectivity index (χ2v) is 6.83. The number of carbonyl (C=O) groups excluding carboxylic acids is 2. The second kappa shape index (κ2) is 13.8. The van der Waals surface area contributed by atoms with Gasteiger partial charge in [0.1, 0.15) is 17.3 Å². The Labute approximate surface area is 193 Å². The van der Waals surface area contributed by atoms with E-state index in [2.05, 4.69) is 10.6 Å². The lowest BCUT2D eigenvalue weighted by molar-refractivity contribution is -0.159. The molecular weight excluding hydrogens is 464 g/mol. The number of carboxylic acid groups (broad SMARTS) is 2. The third-order valence-corrected chi connectivity index (χ3v) is 4.39. The molecule has 0 aliphatic rings. The summed E-state index contributed by atoms with van der Waals surface area (Å²) in [6.45, 7) is 2.24. The van der Waals surface area contributed by atoms with Gasteiger partial charge >= 0.3 is 11.9 Å². The number of carboxylic acids is 2. The van der Waals surface area contributed by atoms with Crippen LogP contribution in [0.1, 0.15) is 12.5 Å². The molecule has 9 nitrogen and oxygen atoms in total. The normalized spacial score (nSPS) is 10.1. The van der Waals surface area contributed by atoms with Crippen LogP contribution in [0.3, 0.4) is 0 Å². The van der Waals surface area contributed by atoms with Gasteiger partial charge in [0.15, 0.2) is 0 Å². The summed E-state index contributed by atoms with van der Waals surface area (Å²) in [7, 11) is 0. The largest absolute Gasteiger partial charge is 0.473 e. The first-order valence-corrected chi connectivity index (χ1v) is 9.85. The molecule has 2 aromatic rings. The maximum atomic E-state index is 13.6. The third kappa shape index (κ3) is 10.1. The highest BCUT2D eigenvalue weighted by atomic mass is 35.5. The van der Waals surface area contributed by atoms with Gasteiger partial charge in [-0.2, -0.15) is 0 Å². The Morgan fingerprint density at radius 3 is 1.97 bits per heavy atom. The lowest BCUT2D eigenvalue weighted by Gasteiger charge is -2.19. The standard InChI is InChI=1S/C19H20ClF2N3O2.C2H2O4/c1-2-25(11-17(26)23-10-13-6-3-4-7-14(13)20)12-18(27)24-19-15(21)8-5-9-16(19)22;3-1(4)2(5)6/h3-9H,2,10-12H2,1H3,(H,23,26)(H,24,27);(H,3,4)(H,5,6). The lowest BCUT2D eigenvalue weighted by Crippen LogP contribution is -2.41. The van der Waals surface area contributed by atoms with Gasteiger partial charge in [-0.3, -0.25) is 14.5 Å². The fraction of sp³-hybridized carbons (Fsp3) is 0.238. The predicted octanol–water partition coefficient (Wildman–Crippen LogP) is 2.35. The monoisotopic (exact) mass is 485 g/mol. The number of carbonyl (C=O) groups is 4. The van der Waals surface area contributed by atoms with Crippen LogP contribution < -0.4 is 10.6 Å². The summed E-state index contributed by atoms with van der Waals surface area (Å²) < 4.78 is 27.2. The van der Waals surface area contributed by atoms with E-state index in [0.29, 0.717) is 11.6 Å². The van der Waals surface area contributed by atoms with Crippen LogP contribution in [0.25, 0.3) is 0 Å². The van der Waals surface area contributed by atoms with Crippen LogP contribution in [0.2, 0.25) is 5.02 Å². The number of anilines is 1. The van der Waals surface area contributed by atoms with E-state index in [-0.39, 0.29) is 25.5 Å². The fourth-order valence-electron chi connectivity index (χ4n) is 2.37. The van der Waals surface area contributed by atoms with Gasteiger partial charge in [-0.05, 0) is 30.3 Å². The molecule has 0 atom stereocenters. The van der Waals surface area contributed by atoms with Crippen LogP contribution in [-0.2, 0) is 25.7 Å². The van der Waals surface area contributed by atoms with E-state index >= 15 is 0 Å². The van der Waals surface area contributed by atoms with E-state index in [1.54, 1.807) is 30.0 Å². The van der Waals surface area contributed by atoms with Crippen LogP contribution in [0.15, 0.2) is 42.5 Å². The zero-order chi connectivity index (χ0) is 25.0. The number of amides is 2. The highest BCUT2D eigenvalue weighted by Gasteiger charge is 2.16. The van der Waals surface area contributed by atoms with Crippen LogP contribution in [-0.4, -0.2) is 58.5 Å². The minimum atomic E-state index is -1.82. The molecule has 0 aromatic heterocycles. The van der Waals surface area contributed by atoms with Crippen molar-refractivity contribution in [2.75, 3.05) is 25.0 Å². The van der Waals surface area contributed by atoms with E-state index in [1.165, 1.54) is 6.07 Å². The number of nitrogens with one attached hydrogen (secondary N) is 2. The van der Waals surface area contributed by atoms with Crippen molar-refractivity contribution in [1.82, 2.24) is 10.2 Å². The maximum absolute atomic E-state index is 13.6. The highest BCUT2D eigenvalue weighted by Crippen LogP contribution is 2.18. The minimum Gasteiger partial charge on any atom is -0.473 e. The number of halogens is 3. The van der Waals surface area contributed by atoms with Gasteiger partial charge in [-0.25, -0.2) is 18.4 Å². The first-order chi connectivity index (χ1) is 15.5. The molecule has 0 bridgehead atoms. The average Bonchev–Trinajstić information content (AvgIpc) is 2.75. The molecule has 0 aliphatic carbocycles. The van der Waals surface area contributed by atoms with E-state index in [1.807, 2.05) is 6.07 Å². The smallest absolute Gasteiger partial charge is 0.414 e. The zero-order valence-corrected chi connectivity index (χ0v) is 18.2. The van der Waals surface area contributed by atoms with Gasteiger partial charge in [0, 0.05) is 11.6 Å². The van der Waals surface area contributed by atoms with Crippen molar-refractivity contribution in [3.8, 4) is 0 Å². The number of aliphatic carboxylic acids is 2. The van der Waals surface area contributed by atoms with Gasteiger partial charge in [-0.1, -0.05) is 42.8 Å². The Balaban J connectivity index is 0.000000801. The molecule has 0 aliphatic heterocycles. The van der Waals surface area contributed by atoms with Crippen molar-refractivity contribution >= 4 is 41.0 Å². The number of likely N-dealkylation sites (N-methyl/N-ethyl adjacent to an activating group) is 1. The van der Waals surface area contributed by atoms with Crippen LogP contribution >= 0.6 is 11.6 Å². The van der Waals surface area contributed by atoms with Crippen molar-refractivity contribution < 1.29 is 38.2 Å². The molecule has 0 saturated heterocycles. The maximum Gasteiger partial charge on any atom is 0.414 e. The molecule has 0 heterocycles. The number of hydrogen-bond donors (Lipinski definition) is 4. The molecule has 12 heteroatoms. The van der Waals surface area contributed by atoms with Gasteiger partial charge < -0.3 is 20.8 Å². The van der Waals surface area contributed by atoms with Gasteiger partial charge in [-0.15, -0.1) is 0 Å². The second-order valence-electron chi connectivity index (χ2n) is 6.43. The topological polar surface area (TPSA) is 136 Å². The molecule has 2 amide bonds. The SMILES string of the molecule is CCN(CC(=O)NCc1ccccc1Cl)CC(=O)Nc1c(F)cccc1F.O=C(O)C(=O)O. The molecule has 178 valence electrons. The van der Waals surface area contributed by atoms with Gasteiger partial charge in [0.05, 0.1) is 13.1 Å². The van der Waals surface area contributed by atoms with E-state index < -0.39 is 35.2 Å². The van der Waals surface area contributed by atoms with Crippen molar-refractivity contribution in [1.29, 1.82) is 0 Å². The van der Waals surface area contributed by atoms with Gasteiger partial charge in [0.25, 0.3) is 0 Å². The number of para-hydroxylation sites is 1. The molecule has 2 rings (SSSR count). The fourth-order valence-corrected chi connectivity index (χ4v) is 2.58. The summed E-state index contributed by atoms with van der Waals surface area (Å²) in [4.78, 5) is 43.9. The van der Waals surface area contributed by atoms with Crippen LogP contribution in [0, 0.1) is 11.6 Å². The summed E-state index contributed by atoms with van der Waals surface area (Å²) in [5.41, 5.74) is 0.282. The Morgan fingerprint density at radius 1 is 0.909 bits per heavy atom. The number of hydrogen-bond acceptors (Lipinski definition) is 5. The lowest BCUT2D eigenvalue weighted by atomic mass is 10.2. The van der Waals surface area contributed by atoms with Gasteiger partial charge in [0.2, 0.25) is 11.8 Å². The Hall–Kier alpha value is -3.57. The Kier molecular flexibility index (Phi) is 11.5. The summed E-state index contributed by atoms with van der Waals surface area (Å²) in [6.07, 6.45) is 0. The first kappa shape index (κ1) is 27.5. The van der Waals surface area contributed by atoms with E-state index in [0.717, 1.165) is 17.7 Å². The molecule has 4 N–H and O–H groups in total. The molecular formula is C21H22ClF2N3O6. The number of nitrogens with zero attached hydrogens (tertiary/aromatic N) is 1. The van der Waals surface area contributed by atoms with Crippen molar-refractivity contribution in [3.05, 3.63) is 64.7 Å². The van der Waals surface area contributed by atoms with Crippen LogP contribution in [0.4, 0.5) is 14.5 Å². The summed E-state index contributed by atoms with van der Waals surface area (Å²) in [5, 5.41) is 20.3. The van der Waals surface area contributed by atoms with Crippen molar-refractivity contribution in [2.45, 2.75) is 13.5 Å². The van der Waals surface area contributed by atoms with Crippen LogP contribution in [0.5, 0.6) is 0 Å². The zero-order valence-electron chi connectivity index (χ0n) is 17.5. The first-order valence-electron chi connectivity index (χ1n) is 9.47. The average molecular weight is 486 g/mol. The Bertz CT molecular complexity index is 973. The molecule has 0 fully saturated rings. The summed E-state index contributed by atoms with van der Waals surface area (Å²) in [5.74, 6) is -6.26. The number of rotatable bonds is 8. The third-order valence-electron chi connectivity index (χ3n) is 4.03. The minimum absolute atomic E-state index is 0.0336. The van der Waals surface area contributed by atoms with Crippen molar-refractivity contribution in [3.63, 3.8) is 0 Å². The van der Waals surface area contributed by atoms with E-state index in [4.69, 9.17) is 31.4 Å². The molecule has 0 saturated carbocycles. The predicted molar refractivity (Wildman–Crippen MR) is 116 cm³/mol. The summed E-state index contributed by atoms with van der Waals surface area (Å²) in [6, 6.07) is 10.5. The molecule has 33 heavy (non-hydrogen) atoms. The highest BCUT2D eigenvalue weighted by molar-refractivity contribution is 6.31. The molecule has 2 aromatic carbocycles.